The second-order valence-corrected chi connectivity index (χ2v) is 6.76. The molecule has 3 heterocycles. The van der Waals surface area contributed by atoms with Gasteiger partial charge in [-0.1, -0.05) is 0 Å². The molecule has 22 heavy (non-hydrogen) atoms. The van der Waals surface area contributed by atoms with Crippen LogP contribution in [0.15, 0.2) is 10.7 Å². The molecule has 1 amide bonds. The number of carbonyl (C=O) groups is 2. The fourth-order valence-corrected chi connectivity index (χ4v) is 3.41. The van der Waals surface area contributed by atoms with Crippen molar-refractivity contribution in [1.82, 2.24) is 20.4 Å². The van der Waals surface area contributed by atoms with E-state index in [-0.39, 0.29) is 23.4 Å². The van der Waals surface area contributed by atoms with Crippen LogP contribution < -0.4 is 10.6 Å². The van der Waals surface area contributed by atoms with Crippen LogP contribution in [0.5, 0.6) is 0 Å². The monoisotopic (exact) mass is 370 g/mol. The van der Waals surface area contributed by atoms with Crippen molar-refractivity contribution in [1.29, 1.82) is 0 Å². The van der Waals surface area contributed by atoms with Crippen molar-refractivity contribution in [3.05, 3.63) is 16.4 Å². The van der Waals surface area contributed by atoms with E-state index in [9.17, 15) is 9.59 Å². The molecule has 7 nitrogen and oxygen atoms in total. The maximum Gasteiger partial charge on any atom is 0.312 e. The molecule has 1 aromatic heterocycles. The third kappa shape index (κ3) is 2.89. The van der Waals surface area contributed by atoms with Crippen LogP contribution >= 0.6 is 15.9 Å². The summed E-state index contributed by atoms with van der Waals surface area (Å²) in [5.41, 5.74) is -0.00966. The highest BCUT2D eigenvalue weighted by molar-refractivity contribution is 9.10. The maximum absolute atomic E-state index is 12.1. The Morgan fingerprint density at radius 3 is 2.95 bits per heavy atom. The highest BCUT2D eigenvalue weighted by Crippen LogP contribution is 2.41. The summed E-state index contributed by atoms with van der Waals surface area (Å²) >= 11 is 3.30. The minimum absolute atomic E-state index is 0.117. The molecule has 3 rings (SSSR count). The van der Waals surface area contributed by atoms with Crippen LogP contribution in [0, 0.1) is 5.41 Å². The molecule has 2 aliphatic rings. The molecule has 0 radical (unpaired) electrons. The molecule has 0 aromatic carbocycles. The van der Waals surface area contributed by atoms with Gasteiger partial charge in [0.2, 0.25) is 0 Å². The van der Waals surface area contributed by atoms with Gasteiger partial charge in [0.15, 0.2) is 5.69 Å². The Morgan fingerprint density at radius 1 is 1.59 bits per heavy atom. The molecular weight excluding hydrogens is 352 g/mol. The molecule has 1 aromatic rings. The molecule has 2 fully saturated rings. The van der Waals surface area contributed by atoms with Crippen LogP contribution in [0.4, 0.5) is 0 Å². The predicted octanol–water partition coefficient (Wildman–Crippen LogP) is 0.598. The van der Waals surface area contributed by atoms with Gasteiger partial charge in [0.25, 0.3) is 5.91 Å². The first-order valence-corrected chi connectivity index (χ1v) is 8.19. The Balaban J connectivity index is 1.56. The Bertz CT molecular complexity index is 575. The highest BCUT2D eigenvalue weighted by atomic mass is 79.9. The number of nitrogens with one attached hydrogen (secondary N) is 2. The fourth-order valence-electron chi connectivity index (χ4n) is 3.12. The summed E-state index contributed by atoms with van der Waals surface area (Å²) in [4.78, 5) is 24.2. The summed E-state index contributed by atoms with van der Waals surface area (Å²) < 4.78 is 7.77. The molecule has 8 heteroatoms. The number of amides is 1. The van der Waals surface area contributed by atoms with Crippen molar-refractivity contribution in [3.63, 3.8) is 0 Å². The molecule has 2 saturated heterocycles. The number of halogens is 1. The maximum atomic E-state index is 12.1. The first-order chi connectivity index (χ1) is 10.5. The molecule has 1 unspecified atom stereocenters. The van der Waals surface area contributed by atoms with E-state index in [0.717, 1.165) is 30.5 Å². The van der Waals surface area contributed by atoms with Crippen molar-refractivity contribution >= 4 is 27.8 Å². The van der Waals surface area contributed by atoms with Crippen LogP contribution in [0.25, 0.3) is 0 Å². The van der Waals surface area contributed by atoms with Crippen LogP contribution in [0.1, 0.15) is 29.8 Å². The Labute approximate surface area is 136 Å². The number of ether oxygens (including phenoxy) is 1. The number of rotatable bonds is 3. The quantitative estimate of drug-likeness (QED) is 0.760. The zero-order chi connectivity index (χ0) is 15.7. The zero-order valence-electron chi connectivity index (χ0n) is 12.4. The molecular formula is C14H19BrN4O3. The summed E-state index contributed by atoms with van der Waals surface area (Å²) in [6.45, 7) is 2.01. The number of cyclic esters (lactones) is 1. The molecule has 2 N–H and O–H groups in total. The summed E-state index contributed by atoms with van der Waals surface area (Å²) in [6.07, 6.45) is 2.05. The first kappa shape index (κ1) is 15.5. The molecule has 2 aliphatic heterocycles. The van der Waals surface area contributed by atoms with Crippen molar-refractivity contribution < 1.29 is 14.3 Å². The highest BCUT2D eigenvalue weighted by Gasteiger charge is 2.49. The van der Waals surface area contributed by atoms with E-state index >= 15 is 0 Å². The lowest BCUT2D eigenvalue weighted by molar-refractivity contribution is -0.149. The number of carbonyl (C=O) groups excluding carboxylic acids is 2. The Hall–Kier alpha value is -1.41. The van der Waals surface area contributed by atoms with Gasteiger partial charge >= 0.3 is 5.97 Å². The van der Waals surface area contributed by atoms with Crippen molar-refractivity contribution in [2.45, 2.75) is 25.4 Å². The average Bonchev–Trinajstić information content (AvgIpc) is 2.99. The number of hydrogen-bond donors (Lipinski definition) is 2. The number of hydrogen-bond acceptors (Lipinski definition) is 5. The van der Waals surface area contributed by atoms with E-state index in [2.05, 4.69) is 31.7 Å². The van der Waals surface area contributed by atoms with E-state index < -0.39 is 0 Å². The van der Waals surface area contributed by atoms with Gasteiger partial charge in [-0.3, -0.25) is 14.3 Å². The smallest absolute Gasteiger partial charge is 0.312 e. The standard InChI is InChI=1S/C14H19BrN4O3/c1-19-11(15)6-10(18-19)12(20)17-8-9-7-14(13(21)22-9)2-4-16-5-3-14/h6,9,16H,2-5,7-8H2,1H3,(H,17,20). The Morgan fingerprint density at radius 2 is 2.32 bits per heavy atom. The van der Waals surface area contributed by atoms with E-state index in [0.29, 0.717) is 18.7 Å². The summed E-state index contributed by atoms with van der Waals surface area (Å²) in [7, 11) is 1.75. The van der Waals surface area contributed by atoms with E-state index in [1.807, 2.05) is 0 Å². The molecule has 0 saturated carbocycles. The Kier molecular flexibility index (Phi) is 4.22. The summed E-state index contributed by atoms with van der Waals surface area (Å²) in [6, 6.07) is 1.66. The van der Waals surface area contributed by atoms with Gasteiger partial charge in [0, 0.05) is 19.5 Å². The molecule has 120 valence electrons. The predicted molar refractivity (Wildman–Crippen MR) is 82.3 cm³/mol. The lowest BCUT2D eigenvalue weighted by atomic mass is 9.76. The van der Waals surface area contributed by atoms with Gasteiger partial charge in [0.1, 0.15) is 10.7 Å². The number of esters is 1. The number of aryl methyl sites for hydroxylation is 1. The van der Waals surface area contributed by atoms with Gasteiger partial charge in [-0.15, -0.1) is 0 Å². The first-order valence-electron chi connectivity index (χ1n) is 7.40. The molecule has 1 atom stereocenters. The van der Waals surface area contributed by atoms with Crippen LogP contribution in [0.3, 0.4) is 0 Å². The number of aromatic nitrogens is 2. The fraction of sp³-hybridized carbons (Fsp3) is 0.643. The van der Waals surface area contributed by atoms with E-state index in [1.54, 1.807) is 17.8 Å². The van der Waals surface area contributed by atoms with E-state index in [4.69, 9.17) is 4.74 Å². The molecule has 0 aliphatic carbocycles. The van der Waals surface area contributed by atoms with E-state index in [1.165, 1.54) is 0 Å². The SMILES string of the molecule is Cn1nc(C(=O)NCC2CC3(CCNCC3)C(=O)O2)cc1Br. The van der Waals surface area contributed by atoms with Gasteiger partial charge in [0.05, 0.1) is 12.0 Å². The minimum Gasteiger partial charge on any atom is -0.460 e. The van der Waals surface area contributed by atoms with Gasteiger partial charge in [-0.2, -0.15) is 5.10 Å². The summed E-state index contributed by atoms with van der Waals surface area (Å²) in [5.74, 6) is -0.377. The number of piperidine rings is 1. The minimum atomic E-state index is -0.353. The largest absolute Gasteiger partial charge is 0.460 e. The third-order valence-electron chi connectivity index (χ3n) is 4.43. The lowest BCUT2D eigenvalue weighted by Gasteiger charge is -2.29. The second kappa shape index (κ2) is 6.00. The number of nitrogens with zero attached hydrogens (tertiary/aromatic N) is 2. The normalized spacial score (nSPS) is 23.5. The van der Waals surface area contributed by atoms with Gasteiger partial charge < -0.3 is 15.4 Å². The molecule has 0 bridgehead atoms. The van der Waals surface area contributed by atoms with Crippen LogP contribution in [-0.2, 0) is 16.6 Å². The zero-order valence-corrected chi connectivity index (χ0v) is 14.0. The average molecular weight is 371 g/mol. The molecule has 1 spiro atoms. The second-order valence-electron chi connectivity index (χ2n) is 5.95. The lowest BCUT2D eigenvalue weighted by Crippen LogP contribution is -2.39. The third-order valence-corrected chi connectivity index (χ3v) is 5.17. The van der Waals surface area contributed by atoms with Crippen molar-refractivity contribution in [2.75, 3.05) is 19.6 Å². The van der Waals surface area contributed by atoms with Crippen LogP contribution in [0.2, 0.25) is 0 Å². The van der Waals surface area contributed by atoms with Crippen LogP contribution in [-0.4, -0.2) is 47.4 Å². The van der Waals surface area contributed by atoms with Gasteiger partial charge in [-0.25, -0.2) is 0 Å². The summed E-state index contributed by atoms with van der Waals surface area (Å²) in [5, 5.41) is 10.1. The van der Waals surface area contributed by atoms with Gasteiger partial charge in [-0.05, 0) is 41.9 Å². The topological polar surface area (TPSA) is 85.3 Å². The van der Waals surface area contributed by atoms with Crippen molar-refractivity contribution in [3.8, 4) is 0 Å². The van der Waals surface area contributed by atoms with Crippen molar-refractivity contribution in [2.24, 2.45) is 12.5 Å².